The minimum atomic E-state index is -1.09. The van der Waals surface area contributed by atoms with E-state index in [0.717, 1.165) is 5.56 Å². The Morgan fingerprint density at radius 3 is 2.44 bits per heavy atom. The fourth-order valence-electron chi connectivity index (χ4n) is 1.25. The number of aromatic nitrogens is 2. The lowest BCUT2D eigenvalue weighted by molar-refractivity contribution is -0.140. The number of hydrogen-bond donors (Lipinski definition) is 4. The van der Waals surface area contributed by atoms with Crippen LogP contribution in [-0.4, -0.2) is 44.8 Å². The van der Waals surface area contributed by atoms with Gasteiger partial charge in [0.15, 0.2) is 0 Å². The second kappa shape index (κ2) is 6.87. The van der Waals surface area contributed by atoms with Crippen LogP contribution in [0.3, 0.4) is 0 Å². The van der Waals surface area contributed by atoms with Crippen LogP contribution in [0.5, 0.6) is 0 Å². The number of carbonyl (C=O) groups is 1. The Morgan fingerprint density at radius 1 is 1.39 bits per heavy atom. The molecule has 0 spiro atoms. The largest absolute Gasteiger partial charge is 0.480 e. The Balaban J connectivity index is 2.50. The third kappa shape index (κ3) is 4.64. The first kappa shape index (κ1) is 14.3. The molecule has 0 aliphatic heterocycles. The molecule has 4 N–H and O–H groups in total. The molecule has 0 aliphatic rings. The van der Waals surface area contributed by atoms with Crippen LogP contribution in [0.1, 0.15) is 19.4 Å². The lowest BCUT2D eigenvalue weighted by atomic mass is 10.3. The first-order chi connectivity index (χ1) is 8.52. The summed E-state index contributed by atoms with van der Waals surface area (Å²) in [7, 11) is 0. The third-order valence-electron chi connectivity index (χ3n) is 2.16. The van der Waals surface area contributed by atoms with Crippen molar-refractivity contribution in [2.45, 2.75) is 32.5 Å². The van der Waals surface area contributed by atoms with Crippen LogP contribution in [0.4, 0.5) is 5.95 Å². The van der Waals surface area contributed by atoms with Gasteiger partial charge in [-0.2, -0.15) is 0 Å². The number of nitrogens with one attached hydrogen (secondary N) is 2. The molecular weight excluding hydrogens is 236 g/mol. The van der Waals surface area contributed by atoms with E-state index >= 15 is 0 Å². The van der Waals surface area contributed by atoms with Gasteiger partial charge in [0, 0.05) is 30.5 Å². The molecule has 0 saturated carbocycles. The van der Waals surface area contributed by atoms with Crippen molar-refractivity contribution in [3.05, 3.63) is 18.0 Å². The first-order valence-corrected chi connectivity index (χ1v) is 5.67. The number of rotatable bonds is 7. The average Bonchev–Trinajstić information content (AvgIpc) is 2.31. The van der Waals surface area contributed by atoms with Crippen molar-refractivity contribution in [3.63, 3.8) is 0 Å². The third-order valence-corrected chi connectivity index (χ3v) is 2.16. The highest BCUT2D eigenvalue weighted by atomic mass is 16.4. The Labute approximate surface area is 105 Å². The number of carboxylic acid groups (broad SMARTS) is 1. The number of anilines is 1. The molecule has 0 saturated heterocycles. The highest BCUT2D eigenvalue weighted by Gasteiger charge is 2.14. The smallest absolute Gasteiger partial charge is 0.323 e. The standard InChI is InChI=1S/C11H18N4O3/c1-7(2)15-11-13-4-8(5-14-11)3-12-9(6-16)10(17)18/h4-5,7,9,12,16H,3,6H2,1-2H3,(H,17,18)(H,13,14,15). The van der Waals surface area contributed by atoms with E-state index < -0.39 is 18.6 Å². The fraction of sp³-hybridized carbons (Fsp3) is 0.545. The van der Waals surface area contributed by atoms with Gasteiger partial charge in [0.1, 0.15) is 6.04 Å². The molecule has 0 amide bonds. The molecule has 0 bridgehead atoms. The zero-order valence-corrected chi connectivity index (χ0v) is 10.4. The Morgan fingerprint density at radius 2 is 2.00 bits per heavy atom. The topological polar surface area (TPSA) is 107 Å². The van der Waals surface area contributed by atoms with Crippen molar-refractivity contribution < 1.29 is 15.0 Å². The van der Waals surface area contributed by atoms with Crippen molar-refractivity contribution in [1.29, 1.82) is 0 Å². The first-order valence-electron chi connectivity index (χ1n) is 5.67. The van der Waals surface area contributed by atoms with E-state index in [1.165, 1.54) is 0 Å². The van der Waals surface area contributed by atoms with Crippen LogP contribution in [0.25, 0.3) is 0 Å². The molecule has 18 heavy (non-hydrogen) atoms. The molecule has 1 aromatic rings. The molecule has 1 heterocycles. The summed E-state index contributed by atoms with van der Waals surface area (Å²) in [6.07, 6.45) is 3.22. The van der Waals surface area contributed by atoms with Crippen molar-refractivity contribution in [1.82, 2.24) is 15.3 Å². The van der Waals surface area contributed by atoms with E-state index in [1.807, 2.05) is 13.8 Å². The van der Waals surface area contributed by atoms with E-state index in [0.29, 0.717) is 12.5 Å². The molecule has 0 aromatic carbocycles. The van der Waals surface area contributed by atoms with E-state index in [-0.39, 0.29) is 6.04 Å². The average molecular weight is 254 g/mol. The Hall–Kier alpha value is -1.73. The summed E-state index contributed by atoms with van der Waals surface area (Å²) in [5, 5.41) is 23.3. The van der Waals surface area contributed by atoms with Gasteiger partial charge in [0.2, 0.25) is 5.95 Å². The number of hydrogen-bond acceptors (Lipinski definition) is 6. The van der Waals surface area contributed by atoms with Gasteiger partial charge in [-0.15, -0.1) is 0 Å². The van der Waals surface area contributed by atoms with Gasteiger partial charge in [-0.25, -0.2) is 9.97 Å². The van der Waals surface area contributed by atoms with Crippen LogP contribution >= 0.6 is 0 Å². The maximum absolute atomic E-state index is 10.7. The van der Waals surface area contributed by atoms with Crippen LogP contribution < -0.4 is 10.6 Å². The minimum absolute atomic E-state index is 0.250. The molecule has 7 nitrogen and oxygen atoms in total. The number of aliphatic hydroxyl groups excluding tert-OH is 1. The summed E-state index contributed by atoms with van der Waals surface area (Å²) in [5.41, 5.74) is 0.754. The quantitative estimate of drug-likeness (QED) is 0.535. The molecule has 1 unspecified atom stereocenters. The van der Waals surface area contributed by atoms with Gasteiger partial charge in [0.05, 0.1) is 6.61 Å². The molecule has 0 aliphatic carbocycles. The molecule has 1 aromatic heterocycles. The van der Waals surface area contributed by atoms with Crippen molar-refractivity contribution in [2.24, 2.45) is 0 Å². The lowest BCUT2D eigenvalue weighted by Gasteiger charge is -2.12. The second-order valence-electron chi connectivity index (χ2n) is 4.17. The van der Waals surface area contributed by atoms with Gasteiger partial charge in [-0.1, -0.05) is 0 Å². The highest BCUT2D eigenvalue weighted by molar-refractivity contribution is 5.73. The minimum Gasteiger partial charge on any atom is -0.480 e. The molecule has 0 fully saturated rings. The summed E-state index contributed by atoms with van der Waals surface area (Å²) >= 11 is 0. The molecule has 1 atom stereocenters. The lowest BCUT2D eigenvalue weighted by Crippen LogP contribution is -2.39. The predicted molar refractivity (Wildman–Crippen MR) is 66.1 cm³/mol. The number of aliphatic hydroxyl groups is 1. The fourth-order valence-corrected chi connectivity index (χ4v) is 1.25. The molecule has 100 valence electrons. The van der Waals surface area contributed by atoms with Crippen molar-refractivity contribution >= 4 is 11.9 Å². The van der Waals surface area contributed by atoms with E-state index in [2.05, 4.69) is 20.6 Å². The summed E-state index contributed by atoms with van der Waals surface area (Å²) < 4.78 is 0. The van der Waals surface area contributed by atoms with Crippen LogP contribution in [-0.2, 0) is 11.3 Å². The summed E-state index contributed by atoms with van der Waals surface area (Å²) in [6.45, 7) is 3.80. The van der Waals surface area contributed by atoms with Crippen LogP contribution in [0.15, 0.2) is 12.4 Å². The van der Waals surface area contributed by atoms with E-state index in [1.54, 1.807) is 12.4 Å². The zero-order valence-electron chi connectivity index (χ0n) is 10.4. The Bertz CT molecular complexity index is 380. The maximum Gasteiger partial charge on any atom is 0.323 e. The highest BCUT2D eigenvalue weighted by Crippen LogP contribution is 2.02. The van der Waals surface area contributed by atoms with Crippen LogP contribution in [0.2, 0.25) is 0 Å². The van der Waals surface area contributed by atoms with E-state index in [4.69, 9.17) is 10.2 Å². The predicted octanol–water partition coefficient (Wildman–Crippen LogP) is -0.168. The summed E-state index contributed by atoms with van der Waals surface area (Å²) in [6, 6.07) is -0.724. The van der Waals surface area contributed by atoms with Crippen molar-refractivity contribution in [2.75, 3.05) is 11.9 Å². The van der Waals surface area contributed by atoms with Gasteiger partial charge >= 0.3 is 5.97 Å². The molecule has 1 rings (SSSR count). The van der Waals surface area contributed by atoms with Gasteiger partial charge in [0.25, 0.3) is 0 Å². The van der Waals surface area contributed by atoms with E-state index in [9.17, 15) is 4.79 Å². The number of aliphatic carboxylic acids is 1. The summed E-state index contributed by atoms with van der Waals surface area (Å²) in [4.78, 5) is 18.9. The Kier molecular flexibility index (Phi) is 5.47. The molecular formula is C11H18N4O3. The van der Waals surface area contributed by atoms with Crippen molar-refractivity contribution in [3.8, 4) is 0 Å². The zero-order chi connectivity index (χ0) is 13.5. The van der Waals surface area contributed by atoms with Gasteiger partial charge < -0.3 is 15.5 Å². The summed E-state index contributed by atoms with van der Waals surface area (Å²) in [5.74, 6) is -0.554. The molecule has 7 heteroatoms. The van der Waals surface area contributed by atoms with Gasteiger partial charge in [-0.3, -0.25) is 10.1 Å². The maximum atomic E-state index is 10.7. The normalized spacial score (nSPS) is 12.4. The number of carboxylic acids is 1. The SMILES string of the molecule is CC(C)Nc1ncc(CNC(CO)C(=O)O)cn1. The second-order valence-corrected chi connectivity index (χ2v) is 4.17. The number of nitrogens with zero attached hydrogens (tertiary/aromatic N) is 2. The van der Waals surface area contributed by atoms with Crippen LogP contribution in [0, 0.1) is 0 Å². The molecule has 0 radical (unpaired) electrons. The van der Waals surface area contributed by atoms with Gasteiger partial charge in [-0.05, 0) is 13.8 Å². The monoisotopic (exact) mass is 254 g/mol.